The van der Waals surface area contributed by atoms with Crippen LogP contribution in [0.4, 0.5) is 4.79 Å². The molecular formula is C19H21NO2. The van der Waals surface area contributed by atoms with Gasteiger partial charge in [0.15, 0.2) is 0 Å². The normalized spacial score (nSPS) is 13.3. The van der Waals surface area contributed by atoms with Crippen LogP contribution in [0.15, 0.2) is 42.5 Å². The number of amides is 1. The summed E-state index contributed by atoms with van der Waals surface area (Å²) < 4.78 is 5.50. The molecule has 6 rings (SSSR count). The lowest BCUT2D eigenvalue weighted by molar-refractivity contribution is 0.200. The van der Waals surface area contributed by atoms with Crippen LogP contribution in [-0.4, -0.2) is 12.6 Å². The number of carbonyl (C=O) groups is 1. The number of nitrogens with one attached hydrogen (secondary N) is 1. The standard InChI is InChI=1S/C19H21NO2/c1-2-20-19(21)22-18-13-16-8-7-14-3-5-15(6-4-14)9-11-17(18)12-10-16/h3-6,10,12-13H,2,7-9,11H2,1H3,(H,20,21). The molecule has 0 heterocycles. The molecule has 0 atom stereocenters. The third-order valence-electron chi connectivity index (χ3n) is 4.06. The van der Waals surface area contributed by atoms with Crippen LogP contribution in [0.25, 0.3) is 0 Å². The molecule has 4 bridgehead atoms. The number of rotatable bonds is 2. The molecule has 2 aromatic carbocycles. The predicted molar refractivity (Wildman–Crippen MR) is 87.4 cm³/mol. The molecule has 0 aliphatic heterocycles. The van der Waals surface area contributed by atoms with Crippen LogP contribution in [0.2, 0.25) is 0 Å². The number of hydrogen-bond acceptors (Lipinski definition) is 2. The highest BCUT2D eigenvalue weighted by atomic mass is 16.6. The summed E-state index contributed by atoms with van der Waals surface area (Å²) in [6.45, 7) is 2.45. The molecular weight excluding hydrogens is 274 g/mol. The van der Waals surface area contributed by atoms with Gasteiger partial charge < -0.3 is 10.1 Å². The summed E-state index contributed by atoms with van der Waals surface area (Å²) in [5.74, 6) is 0.693. The van der Waals surface area contributed by atoms with Gasteiger partial charge in [0.05, 0.1) is 0 Å². The fourth-order valence-corrected chi connectivity index (χ4v) is 2.78. The number of benzene rings is 2. The molecule has 0 aromatic heterocycles. The molecule has 0 spiro atoms. The Morgan fingerprint density at radius 2 is 1.55 bits per heavy atom. The minimum Gasteiger partial charge on any atom is -0.410 e. The Morgan fingerprint density at radius 1 is 0.955 bits per heavy atom. The van der Waals surface area contributed by atoms with Crippen LogP contribution in [0.1, 0.15) is 29.2 Å². The Balaban J connectivity index is 1.88. The maximum absolute atomic E-state index is 11.7. The summed E-state index contributed by atoms with van der Waals surface area (Å²) in [5, 5.41) is 2.69. The first-order valence-corrected chi connectivity index (χ1v) is 7.90. The molecule has 114 valence electrons. The number of ether oxygens (including phenoxy) is 1. The van der Waals surface area contributed by atoms with Gasteiger partial charge in [-0.25, -0.2) is 4.79 Å². The smallest absolute Gasteiger partial charge is 0.410 e. The summed E-state index contributed by atoms with van der Waals surface area (Å²) in [5.41, 5.74) is 4.95. The van der Waals surface area contributed by atoms with Crippen LogP contribution in [-0.2, 0) is 25.7 Å². The van der Waals surface area contributed by atoms with Gasteiger partial charge in [-0.15, -0.1) is 0 Å². The van der Waals surface area contributed by atoms with Crippen LogP contribution in [0, 0.1) is 0 Å². The molecule has 0 fully saturated rings. The zero-order chi connectivity index (χ0) is 15.4. The molecule has 1 amide bonds. The van der Waals surface area contributed by atoms with Crippen molar-refractivity contribution < 1.29 is 9.53 Å². The molecule has 1 N–H and O–H groups in total. The Kier molecular flexibility index (Phi) is 4.42. The van der Waals surface area contributed by atoms with Gasteiger partial charge in [0, 0.05) is 6.54 Å². The average molecular weight is 295 g/mol. The fourth-order valence-electron chi connectivity index (χ4n) is 2.78. The molecule has 0 saturated carbocycles. The van der Waals surface area contributed by atoms with Crippen molar-refractivity contribution in [1.29, 1.82) is 0 Å². The zero-order valence-electron chi connectivity index (χ0n) is 12.9. The number of aryl methyl sites for hydroxylation is 4. The largest absolute Gasteiger partial charge is 0.412 e. The van der Waals surface area contributed by atoms with Crippen molar-refractivity contribution in [2.24, 2.45) is 0 Å². The van der Waals surface area contributed by atoms with Crippen molar-refractivity contribution in [1.82, 2.24) is 5.32 Å². The van der Waals surface area contributed by atoms with Gasteiger partial charge in [0.2, 0.25) is 0 Å². The molecule has 3 nitrogen and oxygen atoms in total. The number of hydrogen-bond donors (Lipinski definition) is 1. The second-order valence-corrected chi connectivity index (χ2v) is 5.68. The zero-order valence-corrected chi connectivity index (χ0v) is 12.9. The average Bonchev–Trinajstić information content (AvgIpc) is 2.51. The summed E-state index contributed by atoms with van der Waals surface area (Å²) >= 11 is 0. The van der Waals surface area contributed by atoms with E-state index in [1.807, 2.05) is 13.0 Å². The summed E-state index contributed by atoms with van der Waals surface area (Å²) in [7, 11) is 0. The van der Waals surface area contributed by atoms with Crippen LogP contribution in [0.5, 0.6) is 5.75 Å². The van der Waals surface area contributed by atoms with E-state index in [1.165, 1.54) is 16.7 Å². The third kappa shape index (κ3) is 3.48. The highest BCUT2D eigenvalue weighted by Crippen LogP contribution is 2.25. The maximum Gasteiger partial charge on any atom is 0.412 e. The van der Waals surface area contributed by atoms with Crippen molar-refractivity contribution in [2.75, 3.05) is 6.54 Å². The van der Waals surface area contributed by atoms with E-state index >= 15 is 0 Å². The van der Waals surface area contributed by atoms with Crippen LogP contribution >= 0.6 is 0 Å². The van der Waals surface area contributed by atoms with E-state index in [-0.39, 0.29) is 6.09 Å². The van der Waals surface area contributed by atoms with Crippen molar-refractivity contribution in [3.63, 3.8) is 0 Å². The first-order chi connectivity index (χ1) is 10.7. The maximum atomic E-state index is 11.7. The minimum absolute atomic E-state index is 0.378. The molecule has 0 radical (unpaired) electrons. The third-order valence-corrected chi connectivity index (χ3v) is 4.06. The van der Waals surface area contributed by atoms with Crippen LogP contribution < -0.4 is 10.1 Å². The van der Waals surface area contributed by atoms with E-state index in [9.17, 15) is 4.79 Å². The van der Waals surface area contributed by atoms with E-state index in [1.54, 1.807) is 0 Å². The molecule has 2 aromatic rings. The van der Waals surface area contributed by atoms with Gasteiger partial charge in [-0.3, -0.25) is 0 Å². The lowest BCUT2D eigenvalue weighted by Gasteiger charge is -2.14. The first kappa shape index (κ1) is 14.6. The molecule has 3 heteroatoms. The Morgan fingerprint density at radius 3 is 2.23 bits per heavy atom. The quantitative estimate of drug-likeness (QED) is 0.918. The second-order valence-electron chi connectivity index (χ2n) is 5.68. The van der Waals surface area contributed by atoms with Crippen LogP contribution in [0.3, 0.4) is 0 Å². The van der Waals surface area contributed by atoms with Gasteiger partial charge in [0.25, 0.3) is 0 Å². The highest BCUT2D eigenvalue weighted by Gasteiger charge is 2.11. The van der Waals surface area contributed by atoms with Crippen molar-refractivity contribution in [3.05, 3.63) is 64.7 Å². The van der Waals surface area contributed by atoms with Crippen molar-refractivity contribution in [3.8, 4) is 5.75 Å². The van der Waals surface area contributed by atoms with Gasteiger partial charge in [-0.2, -0.15) is 0 Å². The summed E-state index contributed by atoms with van der Waals surface area (Å²) in [4.78, 5) is 11.7. The van der Waals surface area contributed by atoms with E-state index in [0.29, 0.717) is 12.3 Å². The van der Waals surface area contributed by atoms with Crippen molar-refractivity contribution >= 4 is 6.09 Å². The Labute approximate surface area is 131 Å². The minimum atomic E-state index is -0.378. The summed E-state index contributed by atoms with van der Waals surface area (Å²) in [6.07, 6.45) is 3.39. The van der Waals surface area contributed by atoms with E-state index in [0.717, 1.165) is 31.2 Å². The van der Waals surface area contributed by atoms with Gasteiger partial charge in [-0.1, -0.05) is 36.4 Å². The lowest BCUT2D eigenvalue weighted by atomic mass is 9.96. The topological polar surface area (TPSA) is 38.3 Å². The van der Waals surface area contributed by atoms with Gasteiger partial charge >= 0.3 is 6.09 Å². The summed E-state index contributed by atoms with van der Waals surface area (Å²) in [6, 6.07) is 15.1. The second kappa shape index (κ2) is 6.65. The molecule has 4 aliphatic rings. The molecule has 22 heavy (non-hydrogen) atoms. The Hall–Kier alpha value is -2.29. The van der Waals surface area contributed by atoms with E-state index in [4.69, 9.17) is 4.74 Å². The van der Waals surface area contributed by atoms with E-state index < -0.39 is 0 Å². The first-order valence-electron chi connectivity index (χ1n) is 7.90. The van der Waals surface area contributed by atoms with Gasteiger partial charge in [0.1, 0.15) is 5.75 Å². The predicted octanol–water partition coefficient (Wildman–Crippen LogP) is 3.68. The number of carbonyl (C=O) groups excluding carboxylic acids is 1. The van der Waals surface area contributed by atoms with Crippen molar-refractivity contribution in [2.45, 2.75) is 32.6 Å². The van der Waals surface area contributed by atoms with Gasteiger partial charge in [-0.05, 0) is 60.9 Å². The molecule has 0 saturated heterocycles. The Bertz CT molecular complexity index is 662. The molecule has 0 unspecified atom stereocenters. The van der Waals surface area contributed by atoms with E-state index in [2.05, 4.69) is 41.7 Å². The lowest BCUT2D eigenvalue weighted by Crippen LogP contribution is -2.26. The fraction of sp³-hybridized carbons (Fsp3) is 0.316. The monoisotopic (exact) mass is 295 g/mol. The molecule has 4 aliphatic carbocycles. The highest BCUT2D eigenvalue weighted by molar-refractivity contribution is 5.70. The SMILES string of the molecule is CCNC(=O)Oc1cc2ccc1CCc1ccc(cc1)CC2.